The van der Waals surface area contributed by atoms with Crippen molar-refractivity contribution in [3.05, 3.63) is 60.7 Å². The van der Waals surface area contributed by atoms with Crippen molar-refractivity contribution in [2.75, 3.05) is 10.8 Å². The van der Waals surface area contributed by atoms with Crippen molar-refractivity contribution >= 4 is 21.6 Å². The summed E-state index contributed by atoms with van der Waals surface area (Å²) < 4.78 is 27.6. The van der Waals surface area contributed by atoms with Crippen molar-refractivity contribution in [2.45, 2.75) is 36.6 Å². The van der Waals surface area contributed by atoms with Gasteiger partial charge in [-0.2, -0.15) is 0 Å². The van der Waals surface area contributed by atoms with Crippen LogP contribution in [0.15, 0.2) is 65.6 Å². The molecule has 0 radical (unpaired) electrons. The number of benzene rings is 2. The largest absolute Gasteiger partial charge is 0.352 e. The first-order valence-corrected chi connectivity index (χ1v) is 10.9. The molecule has 1 amide bonds. The minimum absolute atomic E-state index is 0.182. The third kappa shape index (κ3) is 3.72. The van der Waals surface area contributed by atoms with E-state index in [1.807, 2.05) is 6.07 Å². The molecule has 0 heterocycles. The summed E-state index contributed by atoms with van der Waals surface area (Å²) in [6, 6.07) is 17.2. The molecule has 1 N–H and O–H groups in total. The van der Waals surface area contributed by atoms with E-state index in [1.165, 1.54) is 23.6 Å². The SMILES string of the molecule is O=C(CN(c1ccccc1)S(=O)(=O)c1ccccc1)N[C@H]1C[C@@H]2CC[C@@H]1C2. The summed E-state index contributed by atoms with van der Waals surface area (Å²) in [5, 5.41) is 3.09. The molecule has 4 rings (SSSR count). The Kier molecular flexibility index (Phi) is 4.91. The van der Waals surface area contributed by atoms with E-state index >= 15 is 0 Å². The van der Waals surface area contributed by atoms with E-state index < -0.39 is 10.0 Å². The normalized spacial score (nSPS) is 23.9. The molecule has 5 nitrogen and oxygen atoms in total. The van der Waals surface area contributed by atoms with Gasteiger partial charge in [0.25, 0.3) is 10.0 Å². The molecule has 2 aliphatic carbocycles. The summed E-state index contributed by atoms with van der Waals surface area (Å²) in [7, 11) is -3.82. The highest BCUT2D eigenvalue weighted by Gasteiger charge is 2.40. The van der Waals surface area contributed by atoms with Crippen molar-refractivity contribution in [2.24, 2.45) is 11.8 Å². The minimum Gasteiger partial charge on any atom is -0.352 e. The van der Waals surface area contributed by atoms with Crippen molar-refractivity contribution < 1.29 is 13.2 Å². The summed E-state index contributed by atoms with van der Waals surface area (Å²) >= 11 is 0. The monoisotopic (exact) mass is 384 g/mol. The quantitative estimate of drug-likeness (QED) is 0.832. The van der Waals surface area contributed by atoms with Gasteiger partial charge in [-0.05, 0) is 55.4 Å². The zero-order valence-corrected chi connectivity index (χ0v) is 15.9. The predicted octanol–water partition coefficient (Wildman–Crippen LogP) is 3.19. The Balaban J connectivity index is 1.56. The standard InChI is InChI=1S/C21H24N2O3S/c24-21(22-20-14-16-11-12-17(20)13-16)15-23(18-7-3-1-4-8-18)27(25,26)19-9-5-2-6-10-19/h1-10,16-17,20H,11-15H2,(H,22,24)/t16-,17-,20+/m1/s1. The Hall–Kier alpha value is -2.34. The zero-order valence-electron chi connectivity index (χ0n) is 15.1. The highest BCUT2D eigenvalue weighted by molar-refractivity contribution is 7.92. The fourth-order valence-electron chi connectivity index (χ4n) is 4.43. The number of rotatable bonds is 6. The molecule has 0 unspecified atom stereocenters. The number of carbonyl (C=O) groups excluding carboxylic acids is 1. The summed E-state index contributed by atoms with van der Waals surface area (Å²) in [6.45, 7) is -0.213. The molecule has 6 heteroatoms. The lowest BCUT2D eigenvalue weighted by Crippen LogP contribution is -2.45. The van der Waals surface area contributed by atoms with Crippen LogP contribution in [0.5, 0.6) is 0 Å². The maximum atomic E-state index is 13.2. The van der Waals surface area contributed by atoms with Crippen LogP contribution in [0.3, 0.4) is 0 Å². The van der Waals surface area contributed by atoms with Crippen molar-refractivity contribution in [3.8, 4) is 0 Å². The topological polar surface area (TPSA) is 66.5 Å². The van der Waals surface area contributed by atoms with E-state index in [2.05, 4.69) is 5.32 Å². The Morgan fingerprint density at radius 3 is 2.22 bits per heavy atom. The molecule has 2 aromatic carbocycles. The second kappa shape index (κ2) is 7.35. The predicted molar refractivity (Wildman–Crippen MR) is 105 cm³/mol. The van der Waals surface area contributed by atoms with Gasteiger partial charge >= 0.3 is 0 Å². The number of anilines is 1. The van der Waals surface area contributed by atoms with Crippen LogP contribution in [-0.4, -0.2) is 26.9 Å². The van der Waals surface area contributed by atoms with E-state index in [0.717, 1.165) is 12.3 Å². The number of sulfonamides is 1. The Labute approximate surface area is 160 Å². The zero-order chi connectivity index (χ0) is 18.9. The van der Waals surface area contributed by atoms with Crippen LogP contribution < -0.4 is 9.62 Å². The van der Waals surface area contributed by atoms with Gasteiger partial charge in [-0.15, -0.1) is 0 Å². The summed E-state index contributed by atoms with van der Waals surface area (Å²) in [5.74, 6) is 1.03. The van der Waals surface area contributed by atoms with Crippen LogP contribution >= 0.6 is 0 Å². The van der Waals surface area contributed by atoms with Gasteiger partial charge in [0, 0.05) is 6.04 Å². The second-order valence-corrected chi connectivity index (χ2v) is 9.37. The first-order chi connectivity index (χ1) is 13.0. The van der Waals surface area contributed by atoms with Gasteiger partial charge in [0.2, 0.25) is 5.91 Å². The third-order valence-corrected chi connectivity index (χ3v) is 7.54. The smallest absolute Gasteiger partial charge is 0.264 e. The molecular weight excluding hydrogens is 360 g/mol. The maximum absolute atomic E-state index is 13.2. The van der Waals surface area contributed by atoms with Gasteiger partial charge in [0.05, 0.1) is 10.6 Å². The van der Waals surface area contributed by atoms with Crippen molar-refractivity contribution in [3.63, 3.8) is 0 Å². The van der Waals surface area contributed by atoms with Crippen molar-refractivity contribution in [1.82, 2.24) is 5.32 Å². The van der Waals surface area contributed by atoms with E-state index in [4.69, 9.17) is 0 Å². The highest BCUT2D eigenvalue weighted by atomic mass is 32.2. The number of carbonyl (C=O) groups is 1. The van der Waals surface area contributed by atoms with Crippen molar-refractivity contribution in [1.29, 1.82) is 0 Å². The number of amides is 1. The van der Waals surface area contributed by atoms with Crippen LogP contribution in [0.1, 0.15) is 25.7 Å². The van der Waals surface area contributed by atoms with Gasteiger partial charge in [-0.25, -0.2) is 8.42 Å². The first kappa shape index (κ1) is 18.0. The van der Waals surface area contributed by atoms with Gasteiger partial charge < -0.3 is 5.32 Å². The average molecular weight is 385 g/mol. The molecule has 2 saturated carbocycles. The molecule has 142 valence electrons. The average Bonchev–Trinajstić information content (AvgIpc) is 3.30. The Morgan fingerprint density at radius 2 is 1.63 bits per heavy atom. The molecule has 2 fully saturated rings. The van der Waals surface area contributed by atoms with Crippen LogP contribution in [0.25, 0.3) is 0 Å². The molecule has 2 aliphatic rings. The van der Waals surface area contributed by atoms with E-state index in [0.29, 0.717) is 11.6 Å². The molecule has 0 saturated heterocycles. The Morgan fingerprint density at radius 1 is 0.963 bits per heavy atom. The Bertz CT molecular complexity index is 900. The molecule has 27 heavy (non-hydrogen) atoms. The van der Waals surface area contributed by atoms with Crippen LogP contribution in [0, 0.1) is 11.8 Å². The van der Waals surface area contributed by atoms with Gasteiger partial charge in [-0.3, -0.25) is 9.10 Å². The van der Waals surface area contributed by atoms with Crippen LogP contribution in [-0.2, 0) is 14.8 Å². The lowest BCUT2D eigenvalue weighted by atomic mass is 9.95. The molecule has 0 aromatic heterocycles. The number of para-hydroxylation sites is 1. The minimum atomic E-state index is -3.82. The van der Waals surface area contributed by atoms with Gasteiger partial charge in [0.1, 0.15) is 6.54 Å². The molecule has 2 bridgehead atoms. The second-order valence-electron chi connectivity index (χ2n) is 7.51. The van der Waals surface area contributed by atoms with E-state index in [1.54, 1.807) is 54.6 Å². The number of nitrogens with one attached hydrogen (secondary N) is 1. The summed E-state index contributed by atoms with van der Waals surface area (Å²) in [5.41, 5.74) is 0.490. The number of hydrogen-bond donors (Lipinski definition) is 1. The van der Waals surface area contributed by atoms with E-state index in [-0.39, 0.29) is 23.4 Å². The molecule has 2 aromatic rings. The molecular formula is C21H24N2O3S. The lowest BCUT2D eigenvalue weighted by Gasteiger charge is -2.27. The highest BCUT2D eigenvalue weighted by Crippen LogP contribution is 2.44. The van der Waals surface area contributed by atoms with E-state index in [9.17, 15) is 13.2 Å². The lowest BCUT2D eigenvalue weighted by molar-refractivity contribution is -0.120. The molecule has 3 atom stereocenters. The number of fused-ring (bicyclic) bond motifs is 2. The van der Waals surface area contributed by atoms with Gasteiger partial charge in [0.15, 0.2) is 0 Å². The van der Waals surface area contributed by atoms with Crippen LogP contribution in [0.4, 0.5) is 5.69 Å². The third-order valence-electron chi connectivity index (χ3n) is 5.75. The number of nitrogens with zero attached hydrogens (tertiary/aromatic N) is 1. The number of hydrogen-bond acceptors (Lipinski definition) is 3. The summed E-state index contributed by atoms with van der Waals surface area (Å²) in [4.78, 5) is 12.9. The summed E-state index contributed by atoms with van der Waals surface area (Å²) in [6.07, 6.45) is 4.64. The maximum Gasteiger partial charge on any atom is 0.264 e. The first-order valence-electron chi connectivity index (χ1n) is 9.46. The fraction of sp³-hybridized carbons (Fsp3) is 0.381. The van der Waals surface area contributed by atoms with Crippen LogP contribution in [0.2, 0.25) is 0 Å². The molecule has 0 aliphatic heterocycles. The van der Waals surface area contributed by atoms with Gasteiger partial charge in [-0.1, -0.05) is 42.8 Å². The molecule has 0 spiro atoms. The fourth-order valence-corrected chi connectivity index (χ4v) is 5.88.